The Balaban J connectivity index is 2.50. The Kier molecular flexibility index (Phi) is 8.63. The van der Waals surface area contributed by atoms with Crippen LogP contribution in [0.2, 0.25) is 0 Å². The minimum atomic E-state index is 0.0831. The number of aromatic amines is 1. The van der Waals surface area contributed by atoms with Crippen LogP contribution in [-0.4, -0.2) is 28.9 Å². The molecule has 0 atom stereocenters. The van der Waals surface area contributed by atoms with Gasteiger partial charge >= 0.3 is 0 Å². The molecule has 4 nitrogen and oxygen atoms in total. The van der Waals surface area contributed by atoms with Crippen molar-refractivity contribution in [3.05, 3.63) is 18.0 Å². The van der Waals surface area contributed by atoms with Crippen molar-refractivity contribution in [1.29, 1.82) is 0 Å². The van der Waals surface area contributed by atoms with Crippen LogP contribution < -0.4 is 5.73 Å². The third-order valence-corrected chi connectivity index (χ3v) is 3.79. The number of aromatic nitrogens is 1. The lowest BCUT2D eigenvalue weighted by Gasteiger charge is -2.22. The number of H-pyrrole nitrogens is 1. The van der Waals surface area contributed by atoms with E-state index in [1.165, 1.54) is 38.5 Å². The van der Waals surface area contributed by atoms with E-state index in [1.807, 2.05) is 4.90 Å². The smallest absolute Gasteiger partial charge is 0.270 e. The van der Waals surface area contributed by atoms with E-state index >= 15 is 0 Å². The third kappa shape index (κ3) is 6.69. The van der Waals surface area contributed by atoms with Crippen molar-refractivity contribution in [2.75, 3.05) is 18.8 Å². The van der Waals surface area contributed by atoms with Crippen LogP contribution in [0.5, 0.6) is 0 Å². The first-order valence-electron chi connectivity index (χ1n) is 8.42. The van der Waals surface area contributed by atoms with Crippen molar-refractivity contribution < 1.29 is 4.79 Å². The average Bonchev–Trinajstić information content (AvgIpc) is 2.91. The number of anilines is 1. The van der Waals surface area contributed by atoms with Crippen LogP contribution in [0, 0.1) is 0 Å². The van der Waals surface area contributed by atoms with Gasteiger partial charge in [-0.05, 0) is 18.9 Å². The largest absolute Gasteiger partial charge is 0.397 e. The predicted molar refractivity (Wildman–Crippen MR) is 89.4 cm³/mol. The van der Waals surface area contributed by atoms with Crippen molar-refractivity contribution in [2.45, 2.75) is 65.2 Å². The highest BCUT2D eigenvalue weighted by Gasteiger charge is 2.16. The van der Waals surface area contributed by atoms with E-state index in [4.69, 9.17) is 5.73 Å². The molecule has 3 N–H and O–H groups in total. The number of nitrogen functional groups attached to an aromatic ring is 1. The highest BCUT2D eigenvalue weighted by atomic mass is 16.2. The molecule has 0 aromatic carbocycles. The number of nitrogens with one attached hydrogen (secondary N) is 1. The SMILES string of the molecule is CCCCCCN(CCCCCC)C(=O)c1cc(N)c[nH]1. The predicted octanol–water partition coefficient (Wildman–Crippen LogP) is 4.20. The number of hydrogen-bond acceptors (Lipinski definition) is 2. The summed E-state index contributed by atoms with van der Waals surface area (Å²) in [5, 5.41) is 0. The molecule has 4 heteroatoms. The summed E-state index contributed by atoms with van der Waals surface area (Å²) in [7, 11) is 0. The third-order valence-electron chi connectivity index (χ3n) is 3.79. The summed E-state index contributed by atoms with van der Waals surface area (Å²) >= 11 is 0. The highest BCUT2D eigenvalue weighted by molar-refractivity contribution is 5.93. The van der Waals surface area contributed by atoms with Gasteiger partial charge in [0.15, 0.2) is 0 Å². The zero-order valence-electron chi connectivity index (χ0n) is 13.7. The van der Waals surface area contributed by atoms with Crippen LogP contribution in [0.3, 0.4) is 0 Å². The number of rotatable bonds is 11. The molecule has 0 aliphatic carbocycles. The first-order valence-corrected chi connectivity index (χ1v) is 8.42. The summed E-state index contributed by atoms with van der Waals surface area (Å²) < 4.78 is 0. The molecule has 1 amide bonds. The standard InChI is InChI=1S/C17H31N3O/c1-3-5-7-9-11-20(12-10-8-6-4-2)17(21)16-13-15(18)14-19-16/h13-14,19H,3-12,18H2,1-2H3. The summed E-state index contributed by atoms with van der Waals surface area (Å²) in [6.07, 6.45) is 11.2. The fourth-order valence-corrected chi connectivity index (χ4v) is 2.48. The van der Waals surface area contributed by atoms with E-state index in [0.29, 0.717) is 11.4 Å². The van der Waals surface area contributed by atoms with Gasteiger partial charge in [-0.1, -0.05) is 52.4 Å². The van der Waals surface area contributed by atoms with Crippen molar-refractivity contribution in [1.82, 2.24) is 9.88 Å². The first-order chi connectivity index (χ1) is 10.2. The molecule has 120 valence electrons. The zero-order valence-corrected chi connectivity index (χ0v) is 13.7. The van der Waals surface area contributed by atoms with Crippen molar-refractivity contribution >= 4 is 11.6 Å². The van der Waals surface area contributed by atoms with Crippen molar-refractivity contribution in [3.63, 3.8) is 0 Å². The van der Waals surface area contributed by atoms with Gasteiger partial charge in [0.05, 0.1) is 0 Å². The number of hydrogen-bond donors (Lipinski definition) is 2. The van der Waals surface area contributed by atoms with Crippen LogP contribution in [0.15, 0.2) is 12.3 Å². The van der Waals surface area contributed by atoms with Gasteiger partial charge in [-0.25, -0.2) is 0 Å². The number of amides is 1. The fraction of sp³-hybridized carbons (Fsp3) is 0.706. The molecule has 0 spiro atoms. The fourth-order valence-electron chi connectivity index (χ4n) is 2.48. The van der Waals surface area contributed by atoms with Crippen LogP contribution in [-0.2, 0) is 0 Å². The molecule has 21 heavy (non-hydrogen) atoms. The molecule has 0 saturated carbocycles. The number of carbonyl (C=O) groups excluding carboxylic acids is 1. The molecule has 0 bridgehead atoms. The number of unbranched alkanes of at least 4 members (excludes halogenated alkanes) is 6. The Bertz CT molecular complexity index is 388. The van der Waals surface area contributed by atoms with Gasteiger partial charge in [-0.2, -0.15) is 0 Å². The van der Waals surface area contributed by atoms with Crippen LogP contribution in [0.1, 0.15) is 75.7 Å². The summed E-state index contributed by atoms with van der Waals surface area (Å²) in [6, 6.07) is 1.73. The molecule has 1 aromatic rings. The Morgan fingerprint density at radius 1 is 1.05 bits per heavy atom. The summed E-state index contributed by atoms with van der Waals surface area (Å²) in [5.74, 6) is 0.0831. The average molecular weight is 293 g/mol. The normalized spacial score (nSPS) is 10.8. The summed E-state index contributed by atoms with van der Waals surface area (Å²) in [5.41, 5.74) is 6.92. The molecule has 0 saturated heterocycles. The Labute approximate surface area is 129 Å². The molecule has 0 aliphatic rings. The summed E-state index contributed by atoms with van der Waals surface area (Å²) in [4.78, 5) is 17.5. The van der Waals surface area contributed by atoms with Crippen LogP contribution in [0.25, 0.3) is 0 Å². The Morgan fingerprint density at radius 2 is 1.62 bits per heavy atom. The number of nitrogens with zero attached hydrogens (tertiary/aromatic N) is 1. The van der Waals surface area contributed by atoms with Crippen LogP contribution in [0.4, 0.5) is 5.69 Å². The van der Waals surface area contributed by atoms with Gasteiger partial charge in [-0.3, -0.25) is 4.79 Å². The van der Waals surface area contributed by atoms with Gasteiger partial charge < -0.3 is 15.6 Å². The Morgan fingerprint density at radius 3 is 2.05 bits per heavy atom. The van der Waals surface area contributed by atoms with E-state index in [0.717, 1.165) is 25.9 Å². The molecule has 1 rings (SSSR count). The molecule has 0 radical (unpaired) electrons. The van der Waals surface area contributed by atoms with E-state index in [1.54, 1.807) is 12.3 Å². The molecular weight excluding hydrogens is 262 g/mol. The molecular formula is C17H31N3O. The zero-order chi connectivity index (χ0) is 15.5. The van der Waals surface area contributed by atoms with E-state index < -0.39 is 0 Å². The lowest BCUT2D eigenvalue weighted by Crippen LogP contribution is -2.33. The maximum atomic E-state index is 12.5. The molecule has 0 unspecified atom stereocenters. The van der Waals surface area contributed by atoms with Gasteiger partial charge in [0.25, 0.3) is 5.91 Å². The molecule has 0 fully saturated rings. The second-order valence-electron chi connectivity index (χ2n) is 5.76. The minimum Gasteiger partial charge on any atom is -0.397 e. The molecule has 1 heterocycles. The quantitative estimate of drug-likeness (QED) is 0.601. The lowest BCUT2D eigenvalue weighted by atomic mass is 10.1. The van der Waals surface area contributed by atoms with Crippen molar-refractivity contribution in [3.8, 4) is 0 Å². The van der Waals surface area contributed by atoms with E-state index in [9.17, 15) is 4.79 Å². The van der Waals surface area contributed by atoms with Crippen LogP contribution >= 0.6 is 0 Å². The van der Waals surface area contributed by atoms with Gasteiger partial charge in [-0.15, -0.1) is 0 Å². The van der Waals surface area contributed by atoms with Gasteiger partial charge in [0.2, 0.25) is 0 Å². The Hall–Kier alpha value is -1.45. The highest BCUT2D eigenvalue weighted by Crippen LogP contribution is 2.11. The number of carbonyl (C=O) groups is 1. The lowest BCUT2D eigenvalue weighted by molar-refractivity contribution is 0.0744. The maximum absolute atomic E-state index is 12.5. The molecule has 1 aromatic heterocycles. The van der Waals surface area contributed by atoms with Gasteiger partial charge in [0, 0.05) is 25.0 Å². The minimum absolute atomic E-state index is 0.0831. The number of nitrogens with two attached hydrogens (primary N) is 1. The maximum Gasteiger partial charge on any atom is 0.270 e. The monoisotopic (exact) mass is 293 g/mol. The van der Waals surface area contributed by atoms with Gasteiger partial charge in [0.1, 0.15) is 5.69 Å². The van der Waals surface area contributed by atoms with Crippen molar-refractivity contribution in [2.24, 2.45) is 0 Å². The van der Waals surface area contributed by atoms with E-state index in [-0.39, 0.29) is 5.91 Å². The second-order valence-corrected chi connectivity index (χ2v) is 5.76. The first kappa shape index (κ1) is 17.6. The second kappa shape index (κ2) is 10.3. The summed E-state index contributed by atoms with van der Waals surface area (Å²) in [6.45, 7) is 6.11. The topological polar surface area (TPSA) is 62.1 Å². The molecule has 0 aliphatic heterocycles. The van der Waals surface area contributed by atoms with E-state index in [2.05, 4.69) is 18.8 Å².